The summed E-state index contributed by atoms with van der Waals surface area (Å²) >= 11 is 0. The second-order valence-corrected chi connectivity index (χ2v) is 8.33. The van der Waals surface area contributed by atoms with Gasteiger partial charge in [0.15, 0.2) is 0 Å². The maximum atomic E-state index is 12.4. The first-order valence-corrected chi connectivity index (χ1v) is 11.3. The van der Waals surface area contributed by atoms with Crippen LogP contribution in [0.3, 0.4) is 0 Å². The van der Waals surface area contributed by atoms with E-state index in [1.165, 1.54) is 17.0 Å². The van der Waals surface area contributed by atoms with E-state index >= 15 is 0 Å². The van der Waals surface area contributed by atoms with Crippen molar-refractivity contribution in [1.82, 2.24) is 14.9 Å². The lowest BCUT2D eigenvalue weighted by molar-refractivity contribution is -0.0498. The zero-order valence-corrected chi connectivity index (χ0v) is 19.1. The zero-order valence-electron chi connectivity index (χ0n) is 19.1. The summed E-state index contributed by atoms with van der Waals surface area (Å²) in [4.78, 5) is 27.5. The Labute approximate surface area is 200 Å². The summed E-state index contributed by atoms with van der Waals surface area (Å²) in [6.45, 7) is 1.34. The van der Waals surface area contributed by atoms with Crippen molar-refractivity contribution >= 4 is 28.5 Å². The van der Waals surface area contributed by atoms with Gasteiger partial charge >= 0.3 is 12.7 Å². The fraction of sp³-hybridized carbons (Fsp3) is 0.375. The summed E-state index contributed by atoms with van der Waals surface area (Å²) in [6.07, 6.45) is 1.06. The van der Waals surface area contributed by atoms with Gasteiger partial charge in [-0.1, -0.05) is 0 Å². The quantitative estimate of drug-likeness (QED) is 0.504. The first-order chi connectivity index (χ1) is 17.0. The van der Waals surface area contributed by atoms with Crippen LogP contribution in [0.2, 0.25) is 0 Å². The highest BCUT2D eigenvalue weighted by Crippen LogP contribution is 2.28. The van der Waals surface area contributed by atoms with Gasteiger partial charge in [0.2, 0.25) is 5.88 Å². The minimum Gasteiger partial charge on any atom is -0.481 e. The molecule has 4 heterocycles. The van der Waals surface area contributed by atoms with Crippen LogP contribution in [-0.4, -0.2) is 80.1 Å². The van der Waals surface area contributed by atoms with Gasteiger partial charge < -0.3 is 19.1 Å². The number of cyclic esters (lactones) is 1. The number of anilines is 2. The van der Waals surface area contributed by atoms with E-state index in [4.69, 9.17) is 9.47 Å². The van der Waals surface area contributed by atoms with Gasteiger partial charge in [0.25, 0.3) is 0 Å². The van der Waals surface area contributed by atoms with Crippen LogP contribution in [-0.2, 0) is 4.74 Å². The normalized spacial score (nSPS) is 18.9. The van der Waals surface area contributed by atoms with Crippen molar-refractivity contribution in [3.63, 3.8) is 0 Å². The third-order valence-electron chi connectivity index (χ3n) is 6.17. The molecule has 0 spiro atoms. The number of methoxy groups -OCH3 is 1. The number of fused-ring (bicyclic) bond motifs is 1. The molecule has 2 aliphatic heterocycles. The van der Waals surface area contributed by atoms with Gasteiger partial charge in [-0.05, 0) is 36.4 Å². The Bertz CT molecular complexity index is 1190. The Balaban J connectivity index is 1.18. The minimum atomic E-state index is -2.89. The Morgan fingerprint density at radius 1 is 1.09 bits per heavy atom. The lowest BCUT2D eigenvalue weighted by atomic mass is 10.2. The number of benzene rings is 1. The van der Waals surface area contributed by atoms with Crippen molar-refractivity contribution in [1.29, 1.82) is 0 Å². The molecule has 0 bridgehead atoms. The molecule has 1 atom stereocenters. The number of nitrogens with zero attached hydrogens (tertiary/aromatic N) is 5. The topological polar surface area (TPSA) is 80.3 Å². The summed E-state index contributed by atoms with van der Waals surface area (Å²) in [5, 5.41) is 0. The fourth-order valence-corrected chi connectivity index (χ4v) is 4.46. The lowest BCUT2D eigenvalue weighted by Gasteiger charge is -2.36. The van der Waals surface area contributed by atoms with Crippen LogP contribution in [0.4, 0.5) is 25.0 Å². The molecule has 0 saturated carbocycles. The number of aromatic nitrogens is 2. The number of hydrogen-bond donors (Lipinski definition) is 0. The number of halogens is 2. The van der Waals surface area contributed by atoms with Gasteiger partial charge in [0, 0.05) is 50.7 Å². The molecule has 9 nitrogen and oxygen atoms in total. The van der Waals surface area contributed by atoms with Crippen LogP contribution >= 0.6 is 0 Å². The molecule has 1 amide bonds. The molecule has 2 saturated heterocycles. The molecular formula is C24H25F2N5O4. The first-order valence-electron chi connectivity index (χ1n) is 11.3. The molecule has 2 fully saturated rings. The summed E-state index contributed by atoms with van der Waals surface area (Å²) in [6, 6.07) is 11.6. The van der Waals surface area contributed by atoms with Crippen LogP contribution in [0.25, 0.3) is 11.0 Å². The van der Waals surface area contributed by atoms with Crippen molar-refractivity contribution in [2.24, 2.45) is 0 Å². The van der Waals surface area contributed by atoms with Crippen molar-refractivity contribution in [2.75, 3.05) is 56.2 Å². The third kappa shape index (κ3) is 5.04. The first kappa shape index (κ1) is 23.0. The number of carbonyl (C=O) groups excluding carboxylic acids is 1. The molecule has 184 valence electrons. The van der Waals surface area contributed by atoms with E-state index < -0.39 is 12.7 Å². The van der Waals surface area contributed by atoms with Gasteiger partial charge in [0.1, 0.15) is 17.4 Å². The van der Waals surface area contributed by atoms with Crippen LogP contribution in [0.15, 0.2) is 48.7 Å². The molecule has 0 radical (unpaired) electrons. The number of alkyl halides is 2. The number of ether oxygens (including phenoxy) is 3. The van der Waals surface area contributed by atoms with E-state index in [0.29, 0.717) is 24.7 Å². The summed E-state index contributed by atoms with van der Waals surface area (Å²) < 4.78 is 39.9. The van der Waals surface area contributed by atoms with Gasteiger partial charge in [-0.15, -0.1) is 0 Å². The number of hydrogen-bond acceptors (Lipinski definition) is 8. The van der Waals surface area contributed by atoms with Gasteiger partial charge in [-0.3, -0.25) is 14.8 Å². The fourth-order valence-electron chi connectivity index (χ4n) is 4.46. The van der Waals surface area contributed by atoms with E-state index in [-0.39, 0.29) is 11.9 Å². The smallest absolute Gasteiger partial charge is 0.414 e. The molecule has 0 N–H and O–H groups in total. The highest BCUT2D eigenvalue weighted by Gasteiger charge is 2.34. The molecular weight excluding hydrogens is 460 g/mol. The van der Waals surface area contributed by atoms with Crippen LogP contribution in [0.5, 0.6) is 11.6 Å². The summed E-state index contributed by atoms with van der Waals surface area (Å²) in [5.74, 6) is 0.593. The number of pyridine rings is 2. The molecule has 3 aromatic rings. The molecule has 11 heteroatoms. The Kier molecular flexibility index (Phi) is 6.49. The van der Waals surface area contributed by atoms with E-state index in [1.807, 2.05) is 12.1 Å². The maximum absolute atomic E-state index is 12.4. The maximum Gasteiger partial charge on any atom is 0.414 e. The van der Waals surface area contributed by atoms with Crippen molar-refractivity contribution in [2.45, 2.75) is 12.7 Å². The minimum absolute atomic E-state index is 0.0429. The van der Waals surface area contributed by atoms with Gasteiger partial charge in [0.05, 0.1) is 24.9 Å². The van der Waals surface area contributed by atoms with Crippen molar-refractivity contribution in [3.05, 3.63) is 48.7 Å². The average Bonchev–Trinajstić information content (AvgIpc) is 3.23. The van der Waals surface area contributed by atoms with E-state index in [9.17, 15) is 13.6 Å². The highest BCUT2D eigenvalue weighted by atomic mass is 19.3. The van der Waals surface area contributed by atoms with E-state index in [1.54, 1.807) is 31.5 Å². The van der Waals surface area contributed by atoms with Crippen LogP contribution in [0.1, 0.15) is 0 Å². The van der Waals surface area contributed by atoms with Crippen LogP contribution in [0, 0.1) is 0 Å². The number of carbonyl (C=O) groups is 1. The lowest BCUT2D eigenvalue weighted by Crippen LogP contribution is -2.49. The van der Waals surface area contributed by atoms with E-state index in [2.05, 4.69) is 24.5 Å². The monoisotopic (exact) mass is 485 g/mol. The van der Waals surface area contributed by atoms with Gasteiger partial charge in [-0.25, -0.2) is 9.78 Å². The SMILES string of the molecule is COc1ccc2nccc(N3CCN(C[C@@H]4CN(c5ccc(OC(F)F)cc5)C(=O)O4)CC3)c2n1. The Morgan fingerprint density at radius 3 is 2.57 bits per heavy atom. The number of amides is 1. The zero-order chi connectivity index (χ0) is 24.4. The highest BCUT2D eigenvalue weighted by molar-refractivity contribution is 5.90. The second-order valence-electron chi connectivity index (χ2n) is 8.33. The number of piperazine rings is 1. The molecule has 1 aromatic carbocycles. The molecule has 0 unspecified atom stereocenters. The predicted octanol–water partition coefficient (Wildman–Crippen LogP) is 3.39. The van der Waals surface area contributed by atoms with Crippen molar-refractivity contribution in [3.8, 4) is 11.6 Å². The molecule has 35 heavy (non-hydrogen) atoms. The molecule has 0 aliphatic carbocycles. The standard InChI is InChI=1S/C24H25F2N5O4/c1-33-21-7-6-19-22(28-21)20(8-9-27-19)30-12-10-29(11-13-30)14-18-15-31(24(32)35-18)16-2-4-17(5-3-16)34-23(25)26/h2-9,18,23H,10-15H2,1H3/t18-/m1/s1. The molecule has 5 rings (SSSR count). The van der Waals surface area contributed by atoms with E-state index in [0.717, 1.165) is 42.9 Å². The third-order valence-corrected chi connectivity index (χ3v) is 6.17. The average molecular weight is 485 g/mol. The summed E-state index contributed by atoms with van der Waals surface area (Å²) in [7, 11) is 1.59. The Hall–Kier alpha value is -3.73. The van der Waals surface area contributed by atoms with Crippen molar-refractivity contribution < 1.29 is 27.8 Å². The second kappa shape index (κ2) is 9.87. The number of rotatable bonds is 7. The molecule has 2 aliphatic rings. The predicted molar refractivity (Wildman–Crippen MR) is 125 cm³/mol. The summed E-state index contributed by atoms with van der Waals surface area (Å²) in [5.41, 5.74) is 3.23. The molecule has 2 aromatic heterocycles. The largest absolute Gasteiger partial charge is 0.481 e. The Morgan fingerprint density at radius 2 is 1.86 bits per heavy atom. The van der Waals surface area contributed by atoms with Crippen LogP contribution < -0.4 is 19.3 Å². The van der Waals surface area contributed by atoms with Gasteiger partial charge in [-0.2, -0.15) is 8.78 Å².